The summed E-state index contributed by atoms with van der Waals surface area (Å²) in [5.41, 5.74) is -0.0752. The molecular weight excluding hydrogens is 502 g/mol. The molecule has 214 valence electrons. The fraction of sp³-hybridized carbons (Fsp3) is 0.690. The van der Waals surface area contributed by atoms with Crippen LogP contribution in [0.1, 0.15) is 97.1 Å². The zero-order valence-electron chi connectivity index (χ0n) is 23.8. The summed E-state index contributed by atoms with van der Waals surface area (Å²) in [6, 6.07) is 4.83. The van der Waals surface area contributed by atoms with Gasteiger partial charge in [0.1, 0.15) is 23.4 Å². The number of benzene rings is 1. The first-order valence-electron chi connectivity index (χ1n) is 13.9. The number of ether oxygens (including phenoxy) is 1. The summed E-state index contributed by atoms with van der Waals surface area (Å²) in [5, 5.41) is 15.9. The number of rotatable bonds is 13. The molecule has 3 amide bonds. The first-order chi connectivity index (χ1) is 18.1. The summed E-state index contributed by atoms with van der Waals surface area (Å²) >= 11 is 1.59. The molecule has 1 aliphatic carbocycles. The molecule has 38 heavy (non-hydrogen) atoms. The summed E-state index contributed by atoms with van der Waals surface area (Å²) in [6.45, 7) is 7.79. The summed E-state index contributed by atoms with van der Waals surface area (Å²) in [6.07, 6.45) is 9.48. The summed E-state index contributed by atoms with van der Waals surface area (Å²) < 4.78 is 5.45. The molecule has 0 radical (unpaired) electrons. The molecule has 0 heterocycles. The van der Waals surface area contributed by atoms with Gasteiger partial charge in [0.2, 0.25) is 11.8 Å². The third kappa shape index (κ3) is 10.8. The second-order valence-corrected chi connectivity index (χ2v) is 12.0. The van der Waals surface area contributed by atoms with Crippen molar-refractivity contribution < 1.29 is 24.2 Å². The monoisotopic (exact) mass is 549 g/mol. The van der Waals surface area contributed by atoms with Crippen LogP contribution in [0, 0.1) is 0 Å². The van der Waals surface area contributed by atoms with Gasteiger partial charge < -0.3 is 25.4 Å². The molecule has 0 bridgehead atoms. The Labute approximate surface area is 232 Å². The van der Waals surface area contributed by atoms with Crippen LogP contribution in [0.5, 0.6) is 5.75 Å². The number of thioether (sulfide) groups is 1. The number of nitrogens with one attached hydrogen (secondary N) is 2. The minimum Gasteiger partial charge on any atom is -0.508 e. The standard InChI is InChI=1S/C29H47N3O5S/c1-6-7-11-19-32(27(35)24(18-20-38-5)31-28(36)37-29(2,3)4)25(21-14-16-23(33)17-15-21)26(34)30-22-12-9-8-10-13-22/h14-17,22,24-25,33H,6-13,18-20H2,1-5H3,(H,30,34)(H,31,36). The number of phenols is 1. The van der Waals surface area contributed by atoms with Crippen LogP contribution in [0.15, 0.2) is 24.3 Å². The molecule has 2 unspecified atom stereocenters. The highest BCUT2D eigenvalue weighted by molar-refractivity contribution is 7.98. The molecule has 0 spiro atoms. The number of aromatic hydroxyl groups is 1. The third-order valence-corrected chi connectivity index (χ3v) is 7.25. The van der Waals surface area contributed by atoms with Crippen LogP contribution >= 0.6 is 11.8 Å². The average Bonchev–Trinajstić information content (AvgIpc) is 2.86. The van der Waals surface area contributed by atoms with Gasteiger partial charge in [0.15, 0.2) is 0 Å². The highest BCUT2D eigenvalue weighted by atomic mass is 32.2. The van der Waals surface area contributed by atoms with E-state index in [9.17, 15) is 19.5 Å². The minimum atomic E-state index is -0.876. The fourth-order valence-electron chi connectivity index (χ4n) is 4.70. The SMILES string of the molecule is CCCCCN(C(=O)C(CCSC)NC(=O)OC(C)(C)C)C(C(=O)NC1CCCCC1)c1ccc(O)cc1. The van der Waals surface area contributed by atoms with Crippen molar-refractivity contribution in [1.29, 1.82) is 0 Å². The fourth-order valence-corrected chi connectivity index (χ4v) is 5.17. The topological polar surface area (TPSA) is 108 Å². The predicted molar refractivity (Wildman–Crippen MR) is 153 cm³/mol. The molecule has 1 aromatic rings. The smallest absolute Gasteiger partial charge is 0.408 e. The molecule has 1 saturated carbocycles. The number of phenolic OH excluding ortho intramolecular Hbond substituents is 1. The third-order valence-electron chi connectivity index (χ3n) is 6.61. The minimum absolute atomic E-state index is 0.0793. The first-order valence-corrected chi connectivity index (χ1v) is 15.3. The number of carbonyl (C=O) groups is 3. The molecule has 0 aliphatic heterocycles. The van der Waals surface area contributed by atoms with E-state index in [1.165, 1.54) is 18.6 Å². The Bertz CT molecular complexity index is 881. The molecule has 2 atom stereocenters. The van der Waals surface area contributed by atoms with Crippen LogP contribution in [0.3, 0.4) is 0 Å². The second-order valence-electron chi connectivity index (χ2n) is 11.1. The zero-order valence-corrected chi connectivity index (χ0v) is 24.6. The number of nitrogens with zero attached hydrogens (tertiary/aromatic N) is 1. The van der Waals surface area contributed by atoms with Gasteiger partial charge in [-0.3, -0.25) is 9.59 Å². The molecule has 8 nitrogen and oxygen atoms in total. The molecule has 0 aromatic heterocycles. The molecule has 1 aromatic carbocycles. The van der Waals surface area contributed by atoms with E-state index in [2.05, 4.69) is 17.6 Å². The lowest BCUT2D eigenvalue weighted by Crippen LogP contribution is -2.54. The lowest BCUT2D eigenvalue weighted by atomic mass is 9.94. The van der Waals surface area contributed by atoms with Crippen molar-refractivity contribution in [1.82, 2.24) is 15.5 Å². The van der Waals surface area contributed by atoms with E-state index in [0.29, 0.717) is 24.3 Å². The Kier molecular flexibility index (Phi) is 13.3. The van der Waals surface area contributed by atoms with Gasteiger partial charge in [-0.1, -0.05) is 51.2 Å². The molecule has 2 rings (SSSR count). The van der Waals surface area contributed by atoms with Crippen molar-refractivity contribution in [2.75, 3.05) is 18.6 Å². The number of hydrogen-bond acceptors (Lipinski definition) is 6. The van der Waals surface area contributed by atoms with Crippen molar-refractivity contribution in [2.45, 2.75) is 109 Å². The largest absolute Gasteiger partial charge is 0.508 e. The predicted octanol–water partition coefficient (Wildman–Crippen LogP) is 5.55. The molecule has 1 fully saturated rings. The van der Waals surface area contributed by atoms with Crippen LogP contribution < -0.4 is 10.6 Å². The highest BCUT2D eigenvalue weighted by Gasteiger charge is 2.36. The van der Waals surface area contributed by atoms with Crippen LogP contribution in [0.2, 0.25) is 0 Å². The van der Waals surface area contributed by atoms with Crippen LogP contribution in [0.25, 0.3) is 0 Å². The molecule has 3 N–H and O–H groups in total. The van der Waals surface area contributed by atoms with Crippen molar-refractivity contribution >= 4 is 29.7 Å². The van der Waals surface area contributed by atoms with E-state index in [4.69, 9.17) is 4.74 Å². The highest BCUT2D eigenvalue weighted by Crippen LogP contribution is 2.27. The lowest BCUT2D eigenvalue weighted by Gasteiger charge is -2.36. The molecule has 9 heteroatoms. The maximum atomic E-state index is 14.1. The van der Waals surface area contributed by atoms with Gasteiger partial charge in [-0.25, -0.2) is 4.79 Å². The summed E-state index contributed by atoms with van der Waals surface area (Å²) in [4.78, 5) is 42.3. The van der Waals surface area contributed by atoms with Crippen molar-refractivity contribution in [3.63, 3.8) is 0 Å². The Morgan fingerprint density at radius 1 is 1.11 bits per heavy atom. The number of amides is 3. The maximum Gasteiger partial charge on any atom is 0.408 e. The van der Waals surface area contributed by atoms with Gasteiger partial charge in [0.25, 0.3) is 0 Å². The van der Waals surface area contributed by atoms with E-state index in [1.54, 1.807) is 49.6 Å². The molecule has 1 aliphatic rings. The van der Waals surface area contributed by atoms with E-state index in [-0.39, 0.29) is 23.6 Å². The summed E-state index contributed by atoms with van der Waals surface area (Å²) in [7, 11) is 0. The quantitative estimate of drug-likeness (QED) is 0.279. The van der Waals surface area contributed by atoms with E-state index in [0.717, 1.165) is 44.9 Å². The van der Waals surface area contributed by atoms with Gasteiger partial charge >= 0.3 is 6.09 Å². The number of carbonyl (C=O) groups excluding carboxylic acids is 3. The van der Waals surface area contributed by atoms with Crippen molar-refractivity contribution in [3.05, 3.63) is 29.8 Å². The average molecular weight is 550 g/mol. The lowest BCUT2D eigenvalue weighted by molar-refractivity contribution is -0.143. The van der Waals surface area contributed by atoms with Crippen LogP contribution in [-0.4, -0.2) is 64.2 Å². The van der Waals surface area contributed by atoms with Crippen LogP contribution in [0.4, 0.5) is 4.79 Å². The number of alkyl carbamates (subject to hydrolysis) is 1. The van der Waals surface area contributed by atoms with E-state index in [1.807, 2.05) is 6.26 Å². The van der Waals surface area contributed by atoms with Gasteiger partial charge in [0, 0.05) is 12.6 Å². The van der Waals surface area contributed by atoms with Gasteiger partial charge in [-0.05, 0) is 76.2 Å². The van der Waals surface area contributed by atoms with Crippen molar-refractivity contribution in [2.24, 2.45) is 0 Å². The number of unbranched alkanes of at least 4 members (excludes halogenated alkanes) is 2. The van der Waals surface area contributed by atoms with Crippen LogP contribution in [-0.2, 0) is 14.3 Å². The second kappa shape index (κ2) is 15.9. The molecular formula is C29H47N3O5S. The van der Waals surface area contributed by atoms with E-state index >= 15 is 0 Å². The van der Waals surface area contributed by atoms with Gasteiger partial charge in [-0.15, -0.1) is 0 Å². The van der Waals surface area contributed by atoms with Gasteiger partial charge in [-0.2, -0.15) is 11.8 Å². The first kappa shape index (κ1) is 31.8. The maximum absolute atomic E-state index is 14.1. The number of hydrogen-bond donors (Lipinski definition) is 3. The summed E-state index contributed by atoms with van der Waals surface area (Å²) in [5.74, 6) is 0.215. The zero-order chi connectivity index (χ0) is 28.1. The van der Waals surface area contributed by atoms with E-state index < -0.39 is 23.8 Å². The molecule has 0 saturated heterocycles. The Morgan fingerprint density at radius 3 is 2.34 bits per heavy atom. The van der Waals surface area contributed by atoms with Crippen molar-refractivity contribution in [3.8, 4) is 5.75 Å². The van der Waals surface area contributed by atoms with Gasteiger partial charge in [0.05, 0.1) is 0 Å². The Morgan fingerprint density at radius 2 is 1.76 bits per heavy atom. The Balaban J connectivity index is 2.42. The normalized spacial score (nSPS) is 15.8. The Hall–Kier alpha value is -2.42.